The number of hydrogen-bond acceptors (Lipinski definition) is 4. The molecule has 0 atom stereocenters. The summed E-state index contributed by atoms with van der Waals surface area (Å²) in [4.78, 5) is 0. The van der Waals surface area contributed by atoms with Crippen LogP contribution in [0.1, 0.15) is 12.8 Å². The number of aliphatic hydroxyl groups is 1. The number of anilines is 1. The first-order valence-corrected chi connectivity index (χ1v) is 6.87. The Morgan fingerprint density at radius 1 is 1.43 bits per heavy atom. The van der Waals surface area contributed by atoms with Crippen LogP contribution in [0, 0.1) is 0 Å². The smallest absolute Gasteiger partial charge is 0.232 e. The minimum Gasteiger partial charge on any atom is -0.396 e. The Kier molecular flexibility index (Phi) is 4.37. The van der Waals surface area contributed by atoms with Crippen LogP contribution in [0.3, 0.4) is 0 Å². The highest BCUT2D eigenvalue weighted by Crippen LogP contribution is 2.14. The minimum absolute atomic E-state index is 0.0357. The average molecular weight is 235 g/mol. The van der Waals surface area contributed by atoms with E-state index < -0.39 is 10.0 Å². The molecule has 0 radical (unpaired) electrons. The first-order valence-electron chi connectivity index (χ1n) is 4.27. The Hall–Kier alpha value is -0.590. The summed E-state index contributed by atoms with van der Waals surface area (Å²) in [5.74, 6) is 0.0589. The summed E-state index contributed by atoms with van der Waals surface area (Å²) in [7, 11) is -3.23. The Balaban J connectivity index is 2.42. The number of unbranched alkanes of at least 4 members (excludes halogenated alkanes) is 1. The molecule has 0 aliphatic heterocycles. The number of thiophene rings is 1. The van der Waals surface area contributed by atoms with Gasteiger partial charge in [-0.3, -0.25) is 4.72 Å². The normalized spacial score (nSPS) is 11.5. The van der Waals surface area contributed by atoms with Crippen LogP contribution in [-0.4, -0.2) is 25.9 Å². The minimum atomic E-state index is -3.23. The molecule has 2 N–H and O–H groups in total. The largest absolute Gasteiger partial charge is 0.396 e. The van der Waals surface area contributed by atoms with Crippen molar-refractivity contribution in [3.05, 3.63) is 16.8 Å². The molecule has 0 fully saturated rings. The fraction of sp³-hybridized carbons (Fsp3) is 0.500. The highest BCUT2D eigenvalue weighted by molar-refractivity contribution is 7.92. The summed E-state index contributed by atoms with van der Waals surface area (Å²) in [5, 5.41) is 12.1. The average Bonchev–Trinajstić information content (AvgIpc) is 2.56. The molecule has 0 spiro atoms. The molecule has 1 aromatic heterocycles. The monoisotopic (exact) mass is 235 g/mol. The highest BCUT2D eigenvalue weighted by atomic mass is 32.2. The first kappa shape index (κ1) is 11.5. The molecule has 0 saturated heterocycles. The number of hydrogen-bond donors (Lipinski definition) is 2. The Labute approximate surface area is 87.6 Å². The lowest BCUT2D eigenvalue weighted by Gasteiger charge is -2.04. The second-order valence-electron chi connectivity index (χ2n) is 2.86. The van der Waals surface area contributed by atoms with Crippen molar-refractivity contribution in [3.63, 3.8) is 0 Å². The van der Waals surface area contributed by atoms with Crippen LogP contribution >= 0.6 is 11.3 Å². The van der Waals surface area contributed by atoms with Crippen LogP contribution in [0.2, 0.25) is 0 Å². The first-order chi connectivity index (χ1) is 6.64. The van der Waals surface area contributed by atoms with Gasteiger partial charge in [0.1, 0.15) is 0 Å². The molecule has 0 aliphatic rings. The third kappa shape index (κ3) is 4.08. The summed E-state index contributed by atoms with van der Waals surface area (Å²) >= 11 is 1.44. The standard InChI is InChI=1S/C8H13NO3S2/c10-4-1-2-6-14(11,12)9-8-3-5-13-7-8/h3,5,7,9-10H,1-2,4,6H2. The molecule has 0 aromatic carbocycles. The fourth-order valence-corrected chi connectivity index (χ4v) is 2.79. The summed E-state index contributed by atoms with van der Waals surface area (Å²) in [6.45, 7) is 0.0357. The zero-order valence-electron chi connectivity index (χ0n) is 7.64. The van der Waals surface area contributed by atoms with E-state index in [4.69, 9.17) is 5.11 Å². The van der Waals surface area contributed by atoms with E-state index in [1.165, 1.54) is 11.3 Å². The van der Waals surface area contributed by atoms with Gasteiger partial charge in [-0.15, -0.1) is 0 Å². The molecule has 1 rings (SSSR count). The van der Waals surface area contributed by atoms with Gasteiger partial charge in [-0.1, -0.05) is 0 Å². The SMILES string of the molecule is O=S(=O)(CCCCO)Nc1ccsc1. The van der Waals surface area contributed by atoms with Crippen LogP contribution in [-0.2, 0) is 10.0 Å². The van der Waals surface area contributed by atoms with Gasteiger partial charge < -0.3 is 5.11 Å². The van der Waals surface area contributed by atoms with E-state index in [9.17, 15) is 8.42 Å². The quantitative estimate of drug-likeness (QED) is 0.730. The van der Waals surface area contributed by atoms with E-state index in [1.54, 1.807) is 11.4 Å². The van der Waals surface area contributed by atoms with Gasteiger partial charge in [-0.2, -0.15) is 11.3 Å². The van der Waals surface area contributed by atoms with Gasteiger partial charge >= 0.3 is 0 Å². The van der Waals surface area contributed by atoms with E-state index in [0.717, 1.165) is 0 Å². The second-order valence-corrected chi connectivity index (χ2v) is 5.49. The molecule has 0 bridgehead atoms. The van der Waals surface area contributed by atoms with E-state index in [2.05, 4.69) is 4.72 Å². The number of sulfonamides is 1. The lowest BCUT2D eigenvalue weighted by molar-refractivity contribution is 0.287. The number of aliphatic hydroxyl groups excluding tert-OH is 1. The van der Waals surface area contributed by atoms with E-state index >= 15 is 0 Å². The molecule has 1 aromatic rings. The van der Waals surface area contributed by atoms with Crippen LogP contribution in [0.15, 0.2) is 16.8 Å². The summed E-state index contributed by atoms with van der Waals surface area (Å²) < 4.78 is 25.2. The predicted octanol–water partition coefficient (Wildman–Crippen LogP) is 1.26. The van der Waals surface area contributed by atoms with E-state index in [-0.39, 0.29) is 12.4 Å². The van der Waals surface area contributed by atoms with E-state index in [1.807, 2.05) is 5.38 Å². The van der Waals surface area contributed by atoms with Gasteiger partial charge in [0.15, 0.2) is 0 Å². The van der Waals surface area contributed by atoms with Gasteiger partial charge in [-0.05, 0) is 24.3 Å². The molecule has 0 saturated carbocycles. The predicted molar refractivity (Wildman–Crippen MR) is 58.0 cm³/mol. The molecule has 0 aliphatic carbocycles. The molecule has 0 unspecified atom stereocenters. The number of nitrogens with one attached hydrogen (secondary N) is 1. The van der Waals surface area contributed by atoms with Crippen molar-refractivity contribution < 1.29 is 13.5 Å². The van der Waals surface area contributed by atoms with Crippen LogP contribution in [0.5, 0.6) is 0 Å². The fourth-order valence-electron chi connectivity index (χ4n) is 0.957. The Morgan fingerprint density at radius 3 is 2.79 bits per heavy atom. The zero-order valence-corrected chi connectivity index (χ0v) is 9.27. The van der Waals surface area contributed by atoms with Gasteiger partial charge in [0.2, 0.25) is 10.0 Å². The van der Waals surface area contributed by atoms with Gasteiger partial charge in [-0.25, -0.2) is 8.42 Å². The van der Waals surface area contributed by atoms with Crippen molar-refractivity contribution in [2.75, 3.05) is 17.1 Å². The van der Waals surface area contributed by atoms with Gasteiger partial charge in [0, 0.05) is 12.0 Å². The topological polar surface area (TPSA) is 66.4 Å². The van der Waals surface area contributed by atoms with Gasteiger partial charge in [0.05, 0.1) is 11.4 Å². The van der Waals surface area contributed by atoms with Crippen LogP contribution in [0.25, 0.3) is 0 Å². The molecular formula is C8H13NO3S2. The maximum absolute atomic E-state index is 11.4. The molecular weight excluding hydrogens is 222 g/mol. The highest BCUT2D eigenvalue weighted by Gasteiger charge is 2.09. The second kappa shape index (κ2) is 5.33. The molecule has 80 valence electrons. The maximum atomic E-state index is 11.4. The lowest BCUT2D eigenvalue weighted by Crippen LogP contribution is -2.16. The van der Waals surface area contributed by atoms with Crippen molar-refractivity contribution in [1.29, 1.82) is 0 Å². The maximum Gasteiger partial charge on any atom is 0.232 e. The lowest BCUT2D eigenvalue weighted by atomic mass is 10.4. The third-order valence-electron chi connectivity index (χ3n) is 1.62. The van der Waals surface area contributed by atoms with Crippen molar-refractivity contribution in [2.45, 2.75) is 12.8 Å². The van der Waals surface area contributed by atoms with Gasteiger partial charge in [0.25, 0.3) is 0 Å². The van der Waals surface area contributed by atoms with Crippen LogP contribution in [0.4, 0.5) is 5.69 Å². The van der Waals surface area contributed by atoms with Crippen molar-refractivity contribution in [1.82, 2.24) is 0 Å². The van der Waals surface area contributed by atoms with Crippen molar-refractivity contribution >= 4 is 27.0 Å². The summed E-state index contributed by atoms with van der Waals surface area (Å²) in [6, 6.07) is 1.72. The molecule has 14 heavy (non-hydrogen) atoms. The Bertz CT molecular complexity index is 345. The summed E-state index contributed by atoms with van der Waals surface area (Å²) in [6.07, 6.45) is 1.00. The van der Waals surface area contributed by atoms with E-state index in [0.29, 0.717) is 18.5 Å². The number of rotatable bonds is 6. The zero-order chi connectivity index (χ0) is 10.4. The molecule has 4 nitrogen and oxygen atoms in total. The Morgan fingerprint density at radius 2 is 2.21 bits per heavy atom. The summed E-state index contributed by atoms with van der Waals surface area (Å²) in [5.41, 5.74) is 0.610. The van der Waals surface area contributed by atoms with Crippen LogP contribution < -0.4 is 4.72 Å². The molecule has 6 heteroatoms. The van der Waals surface area contributed by atoms with Crippen molar-refractivity contribution in [3.8, 4) is 0 Å². The molecule has 1 heterocycles. The van der Waals surface area contributed by atoms with Crippen molar-refractivity contribution in [2.24, 2.45) is 0 Å². The third-order valence-corrected chi connectivity index (χ3v) is 3.67. The molecule has 0 amide bonds.